The summed E-state index contributed by atoms with van der Waals surface area (Å²) in [5.74, 6) is 0.968. The van der Waals surface area contributed by atoms with Gasteiger partial charge in [0.1, 0.15) is 0 Å². The lowest BCUT2D eigenvalue weighted by Gasteiger charge is -2.27. The average molecular weight is 412 g/mol. The molecule has 1 aromatic heterocycles. The average Bonchev–Trinajstić information content (AvgIpc) is 2.80. The smallest absolute Gasteiger partial charge is 0.223 e. The van der Waals surface area contributed by atoms with E-state index in [0.717, 1.165) is 30.1 Å². The summed E-state index contributed by atoms with van der Waals surface area (Å²) in [5.41, 5.74) is 7.28. The molecule has 5 rings (SSSR count). The van der Waals surface area contributed by atoms with Gasteiger partial charge < -0.3 is 5.32 Å². The van der Waals surface area contributed by atoms with E-state index in [4.69, 9.17) is 16.6 Å². The van der Waals surface area contributed by atoms with Crippen LogP contribution in [0.1, 0.15) is 28.2 Å². The summed E-state index contributed by atoms with van der Waals surface area (Å²) in [4.78, 5) is 9.48. The van der Waals surface area contributed by atoms with Gasteiger partial charge in [0.05, 0.1) is 5.69 Å². The largest absolute Gasteiger partial charge is 0.354 e. The molecule has 1 unspecified atom stereocenters. The molecule has 1 N–H and O–H groups in total. The summed E-state index contributed by atoms with van der Waals surface area (Å²) in [6.45, 7) is 0.803. The molecule has 0 fully saturated rings. The molecule has 4 heteroatoms. The maximum atomic E-state index is 6.10. The zero-order chi connectivity index (χ0) is 20.3. The van der Waals surface area contributed by atoms with Gasteiger partial charge in [-0.05, 0) is 47.2 Å². The molecular weight excluding hydrogens is 390 g/mol. The van der Waals surface area contributed by atoms with Gasteiger partial charge in [-0.25, -0.2) is 9.97 Å². The second kappa shape index (κ2) is 8.29. The van der Waals surface area contributed by atoms with Crippen LogP contribution in [0.2, 0.25) is 5.02 Å². The molecule has 1 atom stereocenters. The molecule has 0 radical (unpaired) electrons. The zero-order valence-corrected chi connectivity index (χ0v) is 17.3. The van der Waals surface area contributed by atoms with Crippen molar-refractivity contribution in [3.63, 3.8) is 0 Å². The molecule has 1 aliphatic rings. The first-order valence-electron chi connectivity index (χ1n) is 10.3. The van der Waals surface area contributed by atoms with Crippen LogP contribution in [0.4, 0.5) is 5.95 Å². The predicted molar refractivity (Wildman–Crippen MR) is 123 cm³/mol. The van der Waals surface area contributed by atoms with Gasteiger partial charge in [-0.3, -0.25) is 0 Å². The Morgan fingerprint density at radius 2 is 1.67 bits per heavy atom. The van der Waals surface area contributed by atoms with E-state index in [1.54, 1.807) is 0 Å². The second-order valence-corrected chi connectivity index (χ2v) is 8.06. The van der Waals surface area contributed by atoms with Gasteiger partial charge in [0.2, 0.25) is 5.95 Å². The predicted octanol–water partition coefficient (Wildman–Crippen LogP) is 6.14. The molecule has 3 nitrogen and oxygen atoms in total. The molecule has 0 bridgehead atoms. The third-order valence-corrected chi connectivity index (χ3v) is 5.94. The van der Waals surface area contributed by atoms with Gasteiger partial charge in [0.15, 0.2) is 0 Å². The highest BCUT2D eigenvalue weighted by Crippen LogP contribution is 2.41. The number of nitrogens with one attached hydrogen (secondary N) is 1. The van der Waals surface area contributed by atoms with Crippen molar-refractivity contribution in [2.24, 2.45) is 0 Å². The zero-order valence-electron chi connectivity index (χ0n) is 16.6. The monoisotopic (exact) mass is 411 g/mol. The van der Waals surface area contributed by atoms with Crippen molar-refractivity contribution in [3.05, 3.63) is 112 Å². The van der Waals surface area contributed by atoms with E-state index in [-0.39, 0.29) is 5.92 Å². The molecule has 148 valence electrons. The highest BCUT2D eigenvalue weighted by Gasteiger charge is 2.27. The second-order valence-electron chi connectivity index (χ2n) is 7.63. The fourth-order valence-electron chi connectivity index (χ4n) is 4.18. The molecule has 0 aliphatic heterocycles. The number of benzene rings is 3. The number of fused-ring (bicyclic) bond motifs is 3. The molecule has 30 heavy (non-hydrogen) atoms. The van der Waals surface area contributed by atoms with Crippen LogP contribution >= 0.6 is 11.6 Å². The van der Waals surface area contributed by atoms with Crippen LogP contribution in [-0.4, -0.2) is 16.5 Å². The van der Waals surface area contributed by atoms with Crippen LogP contribution in [-0.2, 0) is 12.8 Å². The molecule has 1 aliphatic carbocycles. The lowest BCUT2D eigenvalue weighted by atomic mass is 9.78. The Morgan fingerprint density at radius 3 is 2.50 bits per heavy atom. The van der Waals surface area contributed by atoms with E-state index in [1.807, 2.05) is 24.4 Å². The number of hydrogen-bond donors (Lipinski definition) is 1. The maximum Gasteiger partial charge on any atom is 0.223 e. The third kappa shape index (κ3) is 3.81. The molecule has 0 saturated carbocycles. The molecule has 0 spiro atoms. The van der Waals surface area contributed by atoms with Crippen LogP contribution in [0.25, 0.3) is 11.3 Å². The molecular formula is C26H22ClN3. The molecule has 0 saturated heterocycles. The van der Waals surface area contributed by atoms with Crippen LogP contribution in [0.3, 0.4) is 0 Å². The Labute approximate surface area is 181 Å². The number of anilines is 1. The number of rotatable bonds is 5. The first-order valence-corrected chi connectivity index (χ1v) is 10.6. The van der Waals surface area contributed by atoms with Crippen molar-refractivity contribution in [2.75, 3.05) is 11.9 Å². The van der Waals surface area contributed by atoms with Crippen molar-refractivity contribution in [1.82, 2.24) is 9.97 Å². The number of nitrogens with zero attached hydrogens (tertiary/aromatic N) is 2. The summed E-state index contributed by atoms with van der Waals surface area (Å²) < 4.78 is 0. The van der Waals surface area contributed by atoms with E-state index in [1.165, 1.54) is 27.8 Å². The third-order valence-electron chi connectivity index (χ3n) is 5.69. The number of hydrogen-bond acceptors (Lipinski definition) is 3. The first kappa shape index (κ1) is 18.8. The van der Waals surface area contributed by atoms with Gasteiger partial charge in [-0.2, -0.15) is 0 Å². The van der Waals surface area contributed by atoms with E-state index in [9.17, 15) is 0 Å². The number of aromatic nitrogens is 2. The van der Waals surface area contributed by atoms with E-state index < -0.39 is 0 Å². The minimum Gasteiger partial charge on any atom is -0.354 e. The van der Waals surface area contributed by atoms with Crippen molar-refractivity contribution < 1.29 is 0 Å². The lowest BCUT2D eigenvalue weighted by Crippen LogP contribution is -2.16. The van der Waals surface area contributed by atoms with E-state index >= 15 is 0 Å². The standard InChI is InChI=1S/C26H22ClN3/c27-21-12-10-19(11-13-21)24-16-20-17-29-26(28-15-14-18-6-2-1-3-7-18)30-25(20)23-9-5-4-8-22(23)24/h1-13,17,24H,14-16H2,(H,28,29,30). The normalized spacial score (nSPS) is 14.6. The molecule has 4 aromatic rings. The summed E-state index contributed by atoms with van der Waals surface area (Å²) >= 11 is 6.10. The van der Waals surface area contributed by atoms with Gasteiger partial charge in [-0.15, -0.1) is 0 Å². The van der Waals surface area contributed by atoms with Crippen LogP contribution in [0.15, 0.2) is 85.1 Å². The SMILES string of the molecule is Clc1ccc(C2Cc3cnc(NCCc4ccccc4)nc3-c3ccccc32)cc1. The molecule has 0 amide bonds. The van der Waals surface area contributed by atoms with Crippen molar-refractivity contribution in [3.8, 4) is 11.3 Å². The van der Waals surface area contributed by atoms with Crippen molar-refractivity contribution >= 4 is 17.5 Å². The Hall–Kier alpha value is -3.17. The minimum atomic E-state index is 0.284. The van der Waals surface area contributed by atoms with Crippen LogP contribution < -0.4 is 5.32 Å². The van der Waals surface area contributed by atoms with Gasteiger partial charge in [0, 0.05) is 29.2 Å². The Morgan fingerprint density at radius 1 is 0.900 bits per heavy atom. The Bertz CT molecular complexity index is 1160. The van der Waals surface area contributed by atoms with Gasteiger partial charge in [0.25, 0.3) is 0 Å². The summed E-state index contributed by atoms with van der Waals surface area (Å²) in [7, 11) is 0. The molecule has 1 heterocycles. The summed E-state index contributed by atoms with van der Waals surface area (Å²) in [6.07, 6.45) is 3.81. The number of halogens is 1. The van der Waals surface area contributed by atoms with Crippen LogP contribution in [0, 0.1) is 0 Å². The van der Waals surface area contributed by atoms with E-state index in [2.05, 4.69) is 71.0 Å². The first-order chi connectivity index (χ1) is 14.8. The summed E-state index contributed by atoms with van der Waals surface area (Å²) in [6, 6.07) is 27.2. The Kier molecular flexibility index (Phi) is 5.20. The molecule has 3 aromatic carbocycles. The highest BCUT2D eigenvalue weighted by molar-refractivity contribution is 6.30. The van der Waals surface area contributed by atoms with E-state index in [0.29, 0.717) is 5.95 Å². The fraction of sp³-hybridized carbons (Fsp3) is 0.154. The van der Waals surface area contributed by atoms with Gasteiger partial charge in [-0.1, -0.05) is 78.3 Å². The lowest BCUT2D eigenvalue weighted by molar-refractivity contribution is 0.781. The van der Waals surface area contributed by atoms with Crippen molar-refractivity contribution in [2.45, 2.75) is 18.8 Å². The maximum absolute atomic E-state index is 6.10. The van der Waals surface area contributed by atoms with Gasteiger partial charge >= 0.3 is 0 Å². The minimum absolute atomic E-state index is 0.284. The quantitative estimate of drug-likeness (QED) is 0.428. The summed E-state index contributed by atoms with van der Waals surface area (Å²) in [5, 5.41) is 4.15. The topological polar surface area (TPSA) is 37.8 Å². The fourth-order valence-corrected chi connectivity index (χ4v) is 4.30. The highest BCUT2D eigenvalue weighted by atomic mass is 35.5. The van der Waals surface area contributed by atoms with Crippen LogP contribution in [0.5, 0.6) is 0 Å². The Balaban J connectivity index is 1.41. The van der Waals surface area contributed by atoms with Crippen molar-refractivity contribution in [1.29, 1.82) is 0 Å².